The molecule has 0 N–H and O–H groups in total. The summed E-state index contributed by atoms with van der Waals surface area (Å²) in [5.74, 6) is 0. The van der Waals surface area contributed by atoms with Gasteiger partial charge in [0.15, 0.2) is 33.3 Å². The van der Waals surface area contributed by atoms with Crippen molar-refractivity contribution in [1.29, 1.82) is 0 Å². The molecule has 0 aromatic heterocycles. The lowest BCUT2D eigenvalue weighted by molar-refractivity contribution is -0.214. The summed E-state index contributed by atoms with van der Waals surface area (Å²) in [6.07, 6.45) is 1.42. The van der Waals surface area contributed by atoms with Gasteiger partial charge in [0, 0.05) is 0 Å². The van der Waals surface area contributed by atoms with Gasteiger partial charge >= 0.3 is 0 Å². The van der Waals surface area contributed by atoms with E-state index in [1.807, 2.05) is 6.08 Å². The van der Waals surface area contributed by atoms with Gasteiger partial charge in [0.1, 0.15) is 18.3 Å². The van der Waals surface area contributed by atoms with Crippen LogP contribution in [0.2, 0.25) is 72.5 Å². The number of ether oxygens (including phenoxy) is 1. The molecule has 1 rings (SSSR count). The van der Waals surface area contributed by atoms with E-state index >= 15 is 0 Å². The quantitative estimate of drug-likeness (QED) is 0.163. The molecule has 0 saturated carbocycles. The first-order valence-corrected chi connectivity index (χ1v) is 27.9. The molecule has 1 heterocycles. The lowest BCUT2D eigenvalue weighted by Crippen LogP contribution is -2.68. The van der Waals surface area contributed by atoms with Crippen LogP contribution >= 0.6 is 0 Å². The Morgan fingerprint density at radius 3 is 1.14 bits per heavy atom. The highest BCUT2D eigenvalue weighted by molar-refractivity contribution is 6.75. The summed E-state index contributed by atoms with van der Waals surface area (Å²) in [7, 11) is -8.69. The maximum Gasteiger partial charge on any atom is 0.192 e. The van der Waals surface area contributed by atoms with Crippen molar-refractivity contribution in [3.05, 3.63) is 12.7 Å². The fourth-order valence-electron chi connectivity index (χ4n) is 3.96. The van der Waals surface area contributed by atoms with Crippen LogP contribution < -0.4 is 0 Å². The molecule has 0 aromatic carbocycles. The van der Waals surface area contributed by atoms with E-state index in [0.29, 0.717) is 13.0 Å². The van der Waals surface area contributed by atoms with Crippen LogP contribution in [0.3, 0.4) is 0 Å². The topological polar surface area (TPSA) is 46.2 Å². The van der Waals surface area contributed by atoms with Crippen LogP contribution in [0.15, 0.2) is 12.7 Å². The Labute approximate surface area is 266 Å². The van der Waals surface area contributed by atoms with Gasteiger partial charge in [-0.05, 0) is 78.9 Å². The van der Waals surface area contributed by atoms with Crippen molar-refractivity contribution in [2.45, 2.75) is 193 Å². The van der Waals surface area contributed by atoms with Crippen LogP contribution in [-0.2, 0) is 22.4 Å². The molecule has 0 bridgehead atoms. The van der Waals surface area contributed by atoms with Gasteiger partial charge in [-0.25, -0.2) is 0 Å². The summed E-state index contributed by atoms with van der Waals surface area (Å²) in [5, 5.41) is 0.219. The van der Waals surface area contributed by atoms with Crippen LogP contribution in [0, 0.1) is 0 Å². The smallest absolute Gasteiger partial charge is 0.192 e. The van der Waals surface area contributed by atoms with E-state index in [2.05, 4.69) is 142 Å². The Balaban J connectivity index is 3.90. The first-order valence-electron chi connectivity index (χ1n) is 16.3. The van der Waals surface area contributed by atoms with Gasteiger partial charge < -0.3 is 22.4 Å². The molecule has 0 aliphatic carbocycles. The van der Waals surface area contributed by atoms with E-state index in [9.17, 15) is 0 Å². The maximum absolute atomic E-state index is 7.47. The third kappa shape index (κ3) is 9.71. The van der Waals surface area contributed by atoms with Crippen LogP contribution in [0.5, 0.6) is 0 Å². The Hall–Kier alpha value is 0.408. The molecule has 0 aromatic rings. The van der Waals surface area contributed by atoms with Crippen LogP contribution in [0.4, 0.5) is 0 Å². The first-order chi connectivity index (χ1) is 18.3. The first kappa shape index (κ1) is 40.4. The zero-order chi connectivity index (χ0) is 33.5. The predicted octanol–water partition coefficient (Wildman–Crippen LogP) is 10.5. The summed E-state index contributed by atoms with van der Waals surface area (Å²) in [6, 6.07) is 0. The third-order valence-electron chi connectivity index (χ3n) is 11.3. The van der Waals surface area contributed by atoms with E-state index < -0.39 is 33.3 Å². The lowest BCUT2D eigenvalue weighted by Gasteiger charge is -2.55. The van der Waals surface area contributed by atoms with Crippen molar-refractivity contribution in [2.24, 2.45) is 0 Å². The zero-order valence-corrected chi connectivity index (χ0v) is 35.6. The minimum atomic E-state index is -2.23. The molecule has 3 unspecified atom stereocenters. The largest absolute Gasteiger partial charge is 0.414 e. The normalized spacial score (nSPS) is 26.0. The van der Waals surface area contributed by atoms with Gasteiger partial charge in [0.2, 0.25) is 0 Å². The summed E-state index contributed by atoms with van der Waals surface area (Å²) in [4.78, 5) is 0. The van der Waals surface area contributed by atoms with Crippen molar-refractivity contribution < 1.29 is 22.4 Å². The van der Waals surface area contributed by atoms with E-state index in [0.717, 1.165) is 0 Å². The number of hydrogen-bond acceptors (Lipinski definition) is 5. The summed E-state index contributed by atoms with van der Waals surface area (Å²) >= 11 is 0. The molecule has 5 atom stereocenters. The second-order valence-electron chi connectivity index (χ2n) is 18.8. The Morgan fingerprint density at radius 2 is 0.833 bits per heavy atom. The second-order valence-corrected chi connectivity index (χ2v) is 37.9. The van der Waals surface area contributed by atoms with Crippen molar-refractivity contribution in [2.75, 3.05) is 6.61 Å². The van der Waals surface area contributed by atoms with Gasteiger partial charge in [-0.3, -0.25) is 0 Å². The summed E-state index contributed by atoms with van der Waals surface area (Å²) < 4.78 is 36.1. The predicted molar refractivity (Wildman–Crippen MR) is 193 cm³/mol. The molecule has 9 heteroatoms. The highest BCUT2D eigenvalue weighted by atomic mass is 28.4. The van der Waals surface area contributed by atoms with Gasteiger partial charge in [-0.15, -0.1) is 6.58 Å². The molecule has 0 radical (unpaired) electrons. The molecule has 250 valence electrons. The Bertz CT molecular complexity index is 888. The van der Waals surface area contributed by atoms with E-state index in [-0.39, 0.29) is 50.7 Å². The van der Waals surface area contributed by atoms with Gasteiger partial charge in [0.25, 0.3) is 0 Å². The molecule has 1 fully saturated rings. The summed E-state index contributed by atoms with van der Waals surface area (Å²) in [6.45, 7) is 50.9. The minimum Gasteiger partial charge on any atom is -0.414 e. The third-order valence-corrected chi connectivity index (χ3v) is 29.2. The average Bonchev–Trinajstić information content (AvgIpc) is 2.73. The van der Waals surface area contributed by atoms with E-state index in [1.54, 1.807) is 0 Å². The van der Waals surface area contributed by atoms with Crippen LogP contribution in [0.25, 0.3) is 0 Å². The van der Waals surface area contributed by atoms with Crippen molar-refractivity contribution in [3.63, 3.8) is 0 Å². The maximum atomic E-state index is 7.47. The lowest BCUT2D eigenvalue weighted by atomic mass is 9.93. The van der Waals surface area contributed by atoms with Crippen molar-refractivity contribution in [3.8, 4) is 0 Å². The molecular formula is C33H72O5Si4. The standard InChI is InChI=1S/C33H72O5Si4/c1-22-23-25-27(36-40(16,17)31(5,6)7)29(38-42(20,21)33(11,12)13)28(37-41(18,19)32(8,9)10)26(35-25)24-34-39(14,15)30(2,3)4/h22,25-29H,1,23-24H2,2-21H3/t25-,26-,27?,28?,29?/m1/s1. The van der Waals surface area contributed by atoms with E-state index in [4.69, 9.17) is 22.4 Å². The van der Waals surface area contributed by atoms with E-state index in [1.165, 1.54) is 0 Å². The molecular weight excluding hydrogens is 589 g/mol. The molecule has 1 aliphatic rings. The van der Waals surface area contributed by atoms with Gasteiger partial charge in [-0.1, -0.05) is 89.2 Å². The highest BCUT2D eigenvalue weighted by Crippen LogP contribution is 2.46. The molecule has 1 aliphatic heterocycles. The van der Waals surface area contributed by atoms with Crippen LogP contribution in [0.1, 0.15) is 89.5 Å². The Kier molecular flexibility index (Phi) is 12.8. The second kappa shape index (κ2) is 13.3. The molecule has 42 heavy (non-hydrogen) atoms. The molecule has 5 nitrogen and oxygen atoms in total. The summed E-state index contributed by atoms with van der Waals surface area (Å²) in [5.41, 5.74) is 0. The monoisotopic (exact) mass is 660 g/mol. The Morgan fingerprint density at radius 1 is 0.524 bits per heavy atom. The minimum absolute atomic E-state index is 0.0348. The fourth-order valence-corrected chi connectivity index (χ4v) is 8.91. The number of rotatable bonds is 11. The molecule has 1 saturated heterocycles. The van der Waals surface area contributed by atoms with Crippen molar-refractivity contribution >= 4 is 33.3 Å². The average molecular weight is 661 g/mol. The highest BCUT2D eigenvalue weighted by Gasteiger charge is 2.56. The fraction of sp³-hybridized carbons (Fsp3) is 0.939. The van der Waals surface area contributed by atoms with Gasteiger partial charge in [-0.2, -0.15) is 0 Å². The van der Waals surface area contributed by atoms with Crippen molar-refractivity contribution in [1.82, 2.24) is 0 Å². The number of hydrogen-bond donors (Lipinski definition) is 0. The molecule has 0 amide bonds. The van der Waals surface area contributed by atoms with Gasteiger partial charge in [0.05, 0.1) is 18.8 Å². The zero-order valence-electron chi connectivity index (χ0n) is 31.6. The van der Waals surface area contributed by atoms with Crippen LogP contribution in [-0.4, -0.2) is 70.4 Å². The SMILES string of the molecule is C=CC[C@H]1O[C@H](CO[Si](C)(C)C(C)(C)C)C(O[Si](C)(C)C(C)(C)C)C(O[Si](C)(C)C(C)(C)C)C1O[Si](C)(C)C(C)(C)C. The molecule has 0 spiro atoms.